The van der Waals surface area contributed by atoms with Gasteiger partial charge in [0.25, 0.3) is 11.8 Å². The zero-order valence-corrected chi connectivity index (χ0v) is 15.3. The van der Waals surface area contributed by atoms with Gasteiger partial charge in [0.1, 0.15) is 5.76 Å². The average Bonchev–Trinajstić information content (AvgIpc) is 3.36. The summed E-state index contributed by atoms with van der Waals surface area (Å²) >= 11 is 6.10. The molecule has 8 heteroatoms. The molecule has 0 saturated heterocycles. The van der Waals surface area contributed by atoms with Crippen molar-refractivity contribution in [3.8, 4) is 0 Å². The molecule has 1 aromatic carbocycles. The zero-order valence-electron chi connectivity index (χ0n) is 14.6. The van der Waals surface area contributed by atoms with Crippen molar-refractivity contribution in [2.75, 3.05) is 5.32 Å². The summed E-state index contributed by atoms with van der Waals surface area (Å²) in [5.74, 6) is -0.177. The Balaban J connectivity index is 1.63. The first-order valence-corrected chi connectivity index (χ1v) is 8.85. The fourth-order valence-corrected chi connectivity index (χ4v) is 2.95. The number of furan rings is 1. The number of amides is 2. The van der Waals surface area contributed by atoms with Gasteiger partial charge < -0.3 is 15.1 Å². The minimum absolute atomic E-state index is 0.0821. The number of imidazole rings is 1. The molecular weight excluding hydrogens is 380 g/mol. The normalized spacial score (nSPS) is 10.8. The highest BCUT2D eigenvalue weighted by atomic mass is 35.5. The molecule has 4 aromatic rings. The number of pyridine rings is 1. The summed E-state index contributed by atoms with van der Waals surface area (Å²) in [6.07, 6.45) is 3.21. The lowest BCUT2D eigenvalue weighted by atomic mass is 10.3. The molecule has 3 aromatic heterocycles. The summed E-state index contributed by atoms with van der Waals surface area (Å²) in [6.45, 7) is 0.221. The van der Waals surface area contributed by atoms with E-state index >= 15 is 0 Å². The van der Waals surface area contributed by atoms with Gasteiger partial charge in [-0.3, -0.25) is 14.0 Å². The second-order valence-corrected chi connectivity index (χ2v) is 6.34. The lowest BCUT2D eigenvalue weighted by Crippen LogP contribution is -2.23. The van der Waals surface area contributed by atoms with E-state index in [1.54, 1.807) is 65.2 Å². The third-order valence-electron chi connectivity index (χ3n) is 4.09. The van der Waals surface area contributed by atoms with Crippen LogP contribution >= 0.6 is 11.6 Å². The number of para-hydroxylation sites is 1. The molecule has 3 heterocycles. The zero-order chi connectivity index (χ0) is 19.5. The van der Waals surface area contributed by atoms with E-state index in [1.165, 1.54) is 6.26 Å². The van der Waals surface area contributed by atoms with Crippen LogP contribution in [0.15, 0.2) is 71.5 Å². The molecule has 0 aliphatic heterocycles. The molecule has 0 bridgehead atoms. The Morgan fingerprint density at radius 3 is 2.64 bits per heavy atom. The van der Waals surface area contributed by atoms with Crippen molar-refractivity contribution in [3.05, 3.63) is 89.4 Å². The van der Waals surface area contributed by atoms with Gasteiger partial charge in [0, 0.05) is 6.20 Å². The first-order valence-electron chi connectivity index (χ1n) is 8.47. The lowest BCUT2D eigenvalue weighted by molar-refractivity contribution is 0.0945. The van der Waals surface area contributed by atoms with Crippen LogP contribution in [-0.2, 0) is 6.54 Å². The molecule has 0 unspecified atom stereocenters. The third kappa shape index (κ3) is 3.47. The predicted molar refractivity (Wildman–Crippen MR) is 104 cm³/mol. The summed E-state index contributed by atoms with van der Waals surface area (Å²) in [6, 6.07) is 15.6. The summed E-state index contributed by atoms with van der Waals surface area (Å²) in [4.78, 5) is 29.7. The number of carbonyl (C=O) groups excluding carboxylic acids is 2. The van der Waals surface area contributed by atoms with E-state index in [0.717, 1.165) is 0 Å². The number of benzene rings is 1. The molecule has 28 heavy (non-hydrogen) atoms. The van der Waals surface area contributed by atoms with Crippen molar-refractivity contribution in [2.45, 2.75) is 6.54 Å². The number of hydrogen-bond donors (Lipinski definition) is 2. The number of aromatic nitrogens is 2. The first kappa shape index (κ1) is 17.8. The maximum atomic E-state index is 12.8. The van der Waals surface area contributed by atoms with Crippen molar-refractivity contribution in [3.63, 3.8) is 0 Å². The summed E-state index contributed by atoms with van der Waals surface area (Å²) in [5.41, 5.74) is 1.13. The Morgan fingerprint density at radius 1 is 1.04 bits per heavy atom. The van der Waals surface area contributed by atoms with E-state index in [2.05, 4.69) is 15.6 Å². The highest BCUT2D eigenvalue weighted by Gasteiger charge is 2.22. The molecule has 0 aliphatic carbocycles. The molecule has 0 fully saturated rings. The SMILES string of the molecule is O=C(NCc1ccco1)c1nc(C(=O)Nc2ccccc2Cl)n2ccccc12. The third-order valence-corrected chi connectivity index (χ3v) is 4.42. The number of carbonyl (C=O) groups is 2. The highest BCUT2D eigenvalue weighted by Crippen LogP contribution is 2.22. The Labute approximate surface area is 164 Å². The van der Waals surface area contributed by atoms with E-state index in [0.29, 0.717) is 22.0 Å². The number of halogens is 1. The minimum Gasteiger partial charge on any atom is -0.467 e. The lowest BCUT2D eigenvalue weighted by Gasteiger charge is -2.06. The second-order valence-electron chi connectivity index (χ2n) is 5.94. The molecule has 140 valence electrons. The van der Waals surface area contributed by atoms with Crippen molar-refractivity contribution in [2.24, 2.45) is 0 Å². The standard InChI is InChI=1S/C20H15ClN4O3/c21-14-7-1-2-8-15(14)23-20(27)18-24-17(16-9-3-4-10-25(16)18)19(26)22-12-13-6-5-11-28-13/h1-11H,12H2,(H,22,26)(H,23,27). The quantitative estimate of drug-likeness (QED) is 0.539. The van der Waals surface area contributed by atoms with Crippen molar-refractivity contribution < 1.29 is 14.0 Å². The van der Waals surface area contributed by atoms with Gasteiger partial charge in [0.15, 0.2) is 5.69 Å². The Hall–Kier alpha value is -3.58. The fraction of sp³-hybridized carbons (Fsp3) is 0.0500. The van der Waals surface area contributed by atoms with E-state index in [-0.39, 0.29) is 18.1 Å². The molecule has 7 nitrogen and oxygen atoms in total. The van der Waals surface area contributed by atoms with E-state index in [1.807, 2.05) is 0 Å². The van der Waals surface area contributed by atoms with Crippen LogP contribution < -0.4 is 10.6 Å². The maximum absolute atomic E-state index is 12.8. The van der Waals surface area contributed by atoms with Crippen LogP contribution in [0.2, 0.25) is 5.02 Å². The summed E-state index contributed by atoms with van der Waals surface area (Å²) in [7, 11) is 0. The molecule has 4 rings (SSSR count). The minimum atomic E-state index is -0.473. The van der Waals surface area contributed by atoms with Gasteiger partial charge in [0.2, 0.25) is 5.82 Å². The Bertz CT molecular complexity index is 1150. The molecule has 0 aliphatic rings. The number of nitrogens with one attached hydrogen (secondary N) is 2. The van der Waals surface area contributed by atoms with Gasteiger partial charge in [-0.15, -0.1) is 0 Å². The van der Waals surface area contributed by atoms with Crippen molar-refractivity contribution in [1.82, 2.24) is 14.7 Å². The van der Waals surface area contributed by atoms with E-state index in [9.17, 15) is 9.59 Å². The van der Waals surface area contributed by atoms with E-state index in [4.69, 9.17) is 16.0 Å². The monoisotopic (exact) mass is 394 g/mol. The van der Waals surface area contributed by atoms with Gasteiger partial charge in [-0.2, -0.15) is 0 Å². The van der Waals surface area contributed by atoms with Crippen molar-refractivity contribution >= 4 is 34.6 Å². The number of nitrogens with zero attached hydrogens (tertiary/aromatic N) is 2. The molecule has 0 radical (unpaired) electrons. The average molecular weight is 395 g/mol. The molecule has 2 amide bonds. The highest BCUT2D eigenvalue weighted by molar-refractivity contribution is 6.33. The van der Waals surface area contributed by atoms with Crippen LogP contribution in [0.3, 0.4) is 0 Å². The topological polar surface area (TPSA) is 88.6 Å². The molecule has 0 saturated carbocycles. The smallest absolute Gasteiger partial charge is 0.292 e. The Morgan fingerprint density at radius 2 is 1.86 bits per heavy atom. The predicted octanol–water partition coefficient (Wildman–Crippen LogP) is 3.76. The van der Waals surface area contributed by atoms with Crippen LogP contribution in [0.4, 0.5) is 5.69 Å². The summed E-state index contributed by atoms with van der Waals surface area (Å²) in [5, 5.41) is 5.88. The molecule has 2 N–H and O–H groups in total. The number of rotatable bonds is 5. The van der Waals surface area contributed by atoms with Gasteiger partial charge in [-0.05, 0) is 36.4 Å². The fourth-order valence-electron chi connectivity index (χ4n) is 2.77. The van der Waals surface area contributed by atoms with Crippen LogP contribution in [0.5, 0.6) is 0 Å². The molecule has 0 atom stereocenters. The number of anilines is 1. The van der Waals surface area contributed by atoms with Crippen LogP contribution in [0, 0.1) is 0 Å². The Kier molecular flexibility index (Phi) is 4.82. The van der Waals surface area contributed by atoms with Crippen LogP contribution in [0.25, 0.3) is 5.52 Å². The number of fused-ring (bicyclic) bond motifs is 1. The molecular formula is C20H15ClN4O3. The van der Waals surface area contributed by atoms with Gasteiger partial charge in [-0.1, -0.05) is 29.8 Å². The van der Waals surface area contributed by atoms with Crippen molar-refractivity contribution in [1.29, 1.82) is 0 Å². The first-order chi connectivity index (χ1) is 13.6. The maximum Gasteiger partial charge on any atom is 0.292 e. The van der Waals surface area contributed by atoms with Crippen LogP contribution in [-0.4, -0.2) is 21.2 Å². The van der Waals surface area contributed by atoms with Gasteiger partial charge >= 0.3 is 0 Å². The largest absolute Gasteiger partial charge is 0.467 e. The summed E-state index contributed by atoms with van der Waals surface area (Å²) < 4.78 is 6.77. The van der Waals surface area contributed by atoms with E-state index < -0.39 is 11.8 Å². The van der Waals surface area contributed by atoms with Crippen LogP contribution in [0.1, 0.15) is 26.9 Å². The molecule has 0 spiro atoms. The van der Waals surface area contributed by atoms with Gasteiger partial charge in [-0.25, -0.2) is 4.98 Å². The van der Waals surface area contributed by atoms with Gasteiger partial charge in [0.05, 0.1) is 29.0 Å². The second kappa shape index (κ2) is 7.58. The number of hydrogen-bond acceptors (Lipinski definition) is 4.